The fourth-order valence-corrected chi connectivity index (χ4v) is 1.06. The van der Waals surface area contributed by atoms with Gasteiger partial charge in [0.1, 0.15) is 11.4 Å². The van der Waals surface area contributed by atoms with Gasteiger partial charge < -0.3 is 21.9 Å². The molecule has 0 saturated carbocycles. The summed E-state index contributed by atoms with van der Waals surface area (Å²) in [6.45, 7) is 3.43. The minimum Gasteiger partial charge on any atom is -0.409 e. The van der Waals surface area contributed by atoms with Crippen LogP contribution < -0.4 is 11.5 Å². The Morgan fingerprint density at radius 3 is 1.50 bits per heavy atom. The molecule has 0 bridgehead atoms. The van der Waals surface area contributed by atoms with Gasteiger partial charge in [-0.3, -0.25) is 0 Å². The summed E-state index contributed by atoms with van der Waals surface area (Å²) in [4.78, 5) is 8.12. The monoisotopic (exact) mass is 224 g/mol. The second kappa shape index (κ2) is 4.43. The van der Waals surface area contributed by atoms with Crippen LogP contribution in [-0.4, -0.2) is 32.1 Å². The van der Waals surface area contributed by atoms with Gasteiger partial charge in [-0.25, -0.2) is 9.97 Å². The van der Waals surface area contributed by atoms with Crippen molar-refractivity contribution in [3.8, 4) is 0 Å². The van der Waals surface area contributed by atoms with E-state index in [9.17, 15) is 0 Å². The van der Waals surface area contributed by atoms with E-state index in [1.54, 1.807) is 13.8 Å². The molecule has 0 radical (unpaired) electrons. The van der Waals surface area contributed by atoms with Crippen molar-refractivity contribution in [3.63, 3.8) is 0 Å². The summed E-state index contributed by atoms with van der Waals surface area (Å²) in [5.41, 5.74) is 12.2. The van der Waals surface area contributed by atoms with Crippen LogP contribution in [0, 0.1) is 13.8 Å². The molecule has 86 valence electrons. The van der Waals surface area contributed by atoms with Gasteiger partial charge >= 0.3 is 0 Å². The van der Waals surface area contributed by atoms with Crippen molar-refractivity contribution < 1.29 is 10.4 Å². The van der Waals surface area contributed by atoms with Gasteiger partial charge in [0.25, 0.3) is 0 Å². The summed E-state index contributed by atoms with van der Waals surface area (Å²) in [6.07, 6.45) is 0. The highest BCUT2D eigenvalue weighted by molar-refractivity contribution is 6.07. The molecule has 8 nitrogen and oxygen atoms in total. The Balaban J connectivity index is 3.51. The van der Waals surface area contributed by atoms with Gasteiger partial charge in [0.15, 0.2) is 11.7 Å². The molecule has 1 aromatic heterocycles. The van der Waals surface area contributed by atoms with Crippen LogP contribution in [0.4, 0.5) is 0 Å². The summed E-state index contributed by atoms with van der Waals surface area (Å²) >= 11 is 0. The fraction of sp³-hybridized carbons (Fsp3) is 0.250. The minimum absolute atomic E-state index is 0.0703. The standard InChI is InChI=1S/C8H12N6O2/c1-3-4(2)12-6(8(10)14-16)5(11-3)7(9)13-15/h15-16H,1-2H3,(H2,9,13)(H2,10,14). The first-order chi connectivity index (χ1) is 7.51. The van der Waals surface area contributed by atoms with Gasteiger partial charge in [0.05, 0.1) is 11.4 Å². The van der Waals surface area contributed by atoms with Crippen molar-refractivity contribution in [1.29, 1.82) is 0 Å². The summed E-state index contributed by atoms with van der Waals surface area (Å²) < 4.78 is 0. The molecule has 0 atom stereocenters. The van der Waals surface area contributed by atoms with Crippen LogP contribution >= 0.6 is 0 Å². The van der Waals surface area contributed by atoms with Crippen molar-refractivity contribution in [1.82, 2.24) is 9.97 Å². The number of hydrogen-bond donors (Lipinski definition) is 4. The lowest BCUT2D eigenvalue weighted by Crippen LogP contribution is -2.26. The van der Waals surface area contributed by atoms with Gasteiger partial charge in [-0.1, -0.05) is 10.3 Å². The Morgan fingerprint density at radius 2 is 1.25 bits per heavy atom. The first-order valence-corrected chi connectivity index (χ1v) is 4.32. The van der Waals surface area contributed by atoms with Crippen LogP contribution in [0.2, 0.25) is 0 Å². The normalized spacial score (nSPS) is 12.9. The Bertz CT molecular complexity index is 425. The Hall–Kier alpha value is -2.38. The van der Waals surface area contributed by atoms with Crippen molar-refractivity contribution in [2.45, 2.75) is 13.8 Å². The molecule has 0 aromatic carbocycles. The van der Waals surface area contributed by atoms with E-state index >= 15 is 0 Å². The maximum absolute atomic E-state index is 8.58. The average molecular weight is 224 g/mol. The summed E-state index contributed by atoms with van der Waals surface area (Å²) in [7, 11) is 0. The Morgan fingerprint density at radius 1 is 0.938 bits per heavy atom. The molecular formula is C8H12N6O2. The number of hydrogen-bond acceptors (Lipinski definition) is 6. The number of nitrogens with zero attached hydrogens (tertiary/aromatic N) is 4. The molecule has 0 fully saturated rings. The third-order valence-electron chi connectivity index (χ3n) is 2.01. The number of aromatic nitrogens is 2. The molecule has 0 aliphatic carbocycles. The molecule has 0 saturated heterocycles. The van der Waals surface area contributed by atoms with Crippen molar-refractivity contribution in [2.24, 2.45) is 21.8 Å². The number of rotatable bonds is 2. The van der Waals surface area contributed by atoms with E-state index < -0.39 is 0 Å². The van der Waals surface area contributed by atoms with Gasteiger partial charge in [-0.15, -0.1) is 0 Å². The highest BCUT2D eigenvalue weighted by Crippen LogP contribution is 2.07. The first-order valence-electron chi connectivity index (χ1n) is 4.32. The Kier molecular flexibility index (Phi) is 3.24. The fourth-order valence-electron chi connectivity index (χ4n) is 1.06. The van der Waals surface area contributed by atoms with Gasteiger partial charge in [0.2, 0.25) is 0 Å². The molecule has 0 aliphatic rings. The predicted molar refractivity (Wildman–Crippen MR) is 56.5 cm³/mol. The maximum Gasteiger partial charge on any atom is 0.191 e. The van der Waals surface area contributed by atoms with Gasteiger partial charge in [-0.05, 0) is 13.8 Å². The van der Waals surface area contributed by atoms with Crippen LogP contribution in [0.3, 0.4) is 0 Å². The van der Waals surface area contributed by atoms with Crippen LogP contribution in [0.1, 0.15) is 22.8 Å². The maximum atomic E-state index is 8.58. The molecule has 1 heterocycles. The van der Waals surface area contributed by atoms with Crippen LogP contribution in [0.15, 0.2) is 10.3 Å². The third kappa shape index (κ3) is 2.00. The summed E-state index contributed by atoms with van der Waals surface area (Å²) in [5, 5.41) is 22.8. The molecule has 16 heavy (non-hydrogen) atoms. The number of nitrogens with two attached hydrogens (primary N) is 2. The van der Waals surface area contributed by atoms with E-state index in [1.807, 2.05) is 0 Å². The molecular weight excluding hydrogens is 212 g/mol. The molecule has 1 aromatic rings. The molecule has 0 amide bonds. The molecule has 0 aliphatic heterocycles. The first kappa shape index (κ1) is 11.7. The zero-order chi connectivity index (χ0) is 12.3. The number of amidine groups is 2. The van der Waals surface area contributed by atoms with Gasteiger partial charge in [-0.2, -0.15) is 0 Å². The lowest BCUT2D eigenvalue weighted by molar-refractivity contribution is 0.317. The number of oxime groups is 2. The van der Waals surface area contributed by atoms with Crippen molar-refractivity contribution in [2.75, 3.05) is 0 Å². The van der Waals surface area contributed by atoms with Crippen molar-refractivity contribution >= 4 is 11.7 Å². The largest absolute Gasteiger partial charge is 0.409 e. The quantitative estimate of drug-likeness (QED) is 0.226. The van der Waals surface area contributed by atoms with E-state index in [4.69, 9.17) is 21.9 Å². The molecule has 6 N–H and O–H groups in total. The molecule has 0 spiro atoms. The Labute approximate surface area is 91.3 Å². The average Bonchev–Trinajstić information content (AvgIpc) is 2.30. The van der Waals surface area contributed by atoms with Crippen LogP contribution in [0.25, 0.3) is 0 Å². The van der Waals surface area contributed by atoms with Gasteiger partial charge in [0, 0.05) is 0 Å². The van der Waals surface area contributed by atoms with Crippen molar-refractivity contribution in [3.05, 3.63) is 22.8 Å². The van der Waals surface area contributed by atoms with E-state index in [2.05, 4.69) is 20.3 Å². The van der Waals surface area contributed by atoms with E-state index in [0.29, 0.717) is 11.4 Å². The lowest BCUT2D eigenvalue weighted by Gasteiger charge is -2.08. The predicted octanol–water partition coefficient (Wildman–Crippen LogP) is -0.718. The van der Waals surface area contributed by atoms with Crippen LogP contribution in [-0.2, 0) is 0 Å². The molecule has 8 heteroatoms. The topological polar surface area (TPSA) is 143 Å². The molecule has 0 unspecified atom stereocenters. The zero-order valence-corrected chi connectivity index (χ0v) is 8.84. The SMILES string of the molecule is Cc1nc(C(N)=NO)c(C(N)=NO)nc1C. The van der Waals surface area contributed by atoms with Crippen LogP contribution in [0.5, 0.6) is 0 Å². The molecule has 1 rings (SSSR count). The van der Waals surface area contributed by atoms with E-state index in [1.165, 1.54) is 0 Å². The minimum atomic E-state index is -0.253. The zero-order valence-electron chi connectivity index (χ0n) is 8.84. The smallest absolute Gasteiger partial charge is 0.191 e. The van der Waals surface area contributed by atoms with E-state index in [-0.39, 0.29) is 23.1 Å². The highest BCUT2D eigenvalue weighted by atomic mass is 16.4. The second-order valence-electron chi connectivity index (χ2n) is 3.06. The number of aryl methyl sites for hydroxylation is 2. The van der Waals surface area contributed by atoms with E-state index in [0.717, 1.165) is 0 Å². The lowest BCUT2D eigenvalue weighted by atomic mass is 10.2. The summed E-state index contributed by atoms with van der Waals surface area (Å²) in [5.74, 6) is -0.505. The third-order valence-corrected chi connectivity index (χ3v) is 2.01. The summed E-state index contributed by atoms with van der Waals surface area (Å²) in [6, 6.07) is 0. The highest BCUT2D eigenvalue weighted by Gasteiger charge is 2.16. The second-order valence-corrected chi connectivity index (χ2v) is 3.06.